The first-order valence-corrected chi connectivity index (χ1v) is 8.15. The molecule has 1 atom stereocenters. The maximum atomic E-state index is 6.06. The lowest BCUT2D eigenvalue weighted by Gasteiger charge is -2.37. The zero-order chi connectivity index (χ0) is 13.8. The lowest BCUT2D eigenvalue weighted by molar-refractivity contribution is 0.141. The van der Waals surface area contributed by atoms with Crippen LogP contribution in [-0.4, -0.2) is 24.5 Å². The SMILES string of the molecule is CCN(CC1CCC1)C(CN)c1ccc(C)cc1Br. The second-order valence-corrected chi connectivity index (χ2v) is 6.52. The lowest BCUT2D eigenvalue weighted by Crippen LogP contribution is -2.38. The van der Waals surface area contributed by atoms with Crippen molar-refractivity contribution in [3.8, 4) is 0 Å². The quantitative estimate of drug-likeness (QED) is 0.860. The van der Waals surface area contributed by atoms with Gasteiger partial charge in [0.15, 0.2) is 0 Å². The summed E-state index contributed by atoms with van der Waals surface area (Å²) in [4.78, 5) is 2.54. The van der Waals surface area contributed by atoms with Crippen molar-refractivity contribution in [3.05, 3.63) is 33.8 Å². The molecular weight excluding hydrogens is 300 g/mol. The van der Waals surface area contributed by atoms with Crippen LogP contribution in [0.25, 0.3) is 0 Å². The van der Waals surface area contributed by atoms with E-state index in [2.05, 4.69) is 52.9 Å². The van der Waals surface area contributed by atoms with Crippen molar-refractivity contribution in [1.29, 1.82) is 0 Å². The minimum Gasteiger partial charge on any atom is -0.329 e. The van der Waals surface area contributed by atoms with E-state index in [1.165, 1.54) is 41.4 Å². The zero-order valence-corrected chi connectivity index (χ0v) is 13.6. The van der Waals surface area contributed by atoms with Gasteiger partial charge >= 0.3 is 0 Å². The molecule has 2 N–H and O–H groups in total. The number of hydrogen-bond donors (Lipinski definition) is 1. The first kappa shape index (κ1) is 15.0. The van der Waals surface area contributed by atoms with E-state index in [1.54, 1.807) is 0 Å². The molecule has 106 valence electrons. The van der Waals surface area contributed by atoms with Crippen molar-refractivity contribution in [2.75, 3.05) is 19.6 Å². The van der Waals surface area contributed by atoms with Gasteiger partial charge in [-0.05, 0) is 49.4 Å². The lowest BCUT2D eigenvalue weighted by atomic mass is 9.84. The average Bonchev–Trinajstić information content (AvgIpc) is 2.33. The molecule has 1 aliphatic rings. The largest absolute Gasteiger partial charge is 0.329 e. The maximum Gasteiger partial charge on any atom is 0.0481 e. The van der Waals surface area contributed by atoms with E-state index in [-0.39, 0.29) is 0 Å². The zero-order valence-electron chi connectivity index (χ0n) is 12.0. The van der Waals surface area contributed by atoms with E-state index >= 15 is 0 Å². The summed E-state index contributed by atoms with van der Waals surface area (Å²) in [6.45, 7) is 7.31. The Labute approximate surface area is 125 Å². The highest BCUT2D eigenvalue weighted by Crippen LogP contribution is 2.32. The van der Waals surface area contributed by atoms with Gasteiger partial charge in [0.2, 0.25) is 0 Å². The third kappa shape index (κ3) is 3.59. The molecule has 3 heteroatoms. The second-order valence-electron chi connectivity index (χ2n) is 5.66. The van der Waals surface area contributed by atoms with Crippen LogP contribution in [0.15, 0.2) is 22.7 Å². The van der Waals surface area contributed by atoms with Gasteiger partial charge in [0, 0.05) is 23.6 Å². The molecule has 1 aromatic carbocycles. The van der Waals surface area contributed by atoms with Crippen LogP contribution in [-0.2, 0) is 0 Å². The summed E-state index contributed by atoms with van der Waals surface area (Å²) in [5, 5.41) is 0. The molecule has 19 heavy (non-hydrogen) atoms. The van der Waals surface area contributed by atoms with Gasteiger partial charge in [-0.3, -0.25) is 4.90 Å². The maximum absolute atomic E-state index is 6.06. The van der Waals surface area contributed by atoms with Gasteiger partial charge in [-0.15, -0.1) is 0 Å². The molecule has 2 rings (SSSR count). The molecule has 0 heterocycles. The molecule has 1 saturated carbocycles. The number of aryl methyl sites for hydroxylation is 1. The normalized spacial score (nSPS) is 17.5. The predicted molar refractivity (Wildman–Crippen MR) is 85.3 cm³/mol. The number of nitrogens with zero attached hydrogens (tertiary/aromatic N) is 1. The van der Waals surface area contributed by atoms with Crippen LogP contribution in [0.5, 0.6) is 0 Å². The van der Waals surface area contributed by atoms with Gasteiger partial charge in [-0.25, -0.2) is 0 Å². The number of rotatable bonds is 6. The Morgan fingerprint density at radius 1 is 1.42 bits per heavy atom. The molecule has 1 fully saturated rings. The van der Waals surface area contributed by atoms with Crippen molar-refractivity contribution < 1.29 is 0 Å². The van der Waals surface area contributed by atoms with Crippen molar-refractivity contribution in [2.24, 2.45) is 11.7 Å². The highest BCUT2D eigenvalue weighted by Gasteiger charge is 2.25. The molecule has 0 aliphatic heterocycles. The van der Waals surface area contributed by atoms with Crippen molar-refractivity contribution in [1.82, 2.24) is 4.90 Å². The average molecular weight is 325 g/mol. The van der Waals surface area contributed by atoms with E-state index in [0.29, 0.717) is 12.6 Å². The van der Waals surface area contributed by atoms with Gasteiger partial charge in [0.25, 0.3) is 0 Å². The third-order valence-corrected chi connectivity index (χ3v) is 4.99. The molecule has 1 aliphatic carbocycles. The van der Waals surface area contributed by atoms with Gasteiger partial charge in [0.1, 0.15) is 0 Å². The van der Waals surface area contributed by atoms with Crippen molar-refractivity contribution in [3.63, 3.8) is 0 Å². The fourth-order valence-electron chi connectivity index (χ4n) is 2.86. The van der Waals surface area contributed by atoms with Gasteiger partial charge in [-0.1, -0.05) is 41.4 Å². The summed E-state index contributed by atoms with van der Waals surface area (Å²) in [5.41, 5.74) is 8.67. The van der Waals surface area contributed by atoms with E-state index in [4.69, 9.17) is 5.73 Å². The molecular formula is C16H25BrN2. The van der Waals surface area contributed by atoms with Gasteiger partial charge in [0.05, 0.1) is 0 Å². The molecule has 0 spiro atoms. The summed E-state index contributed by atoms with van der Waals surface area (Å²) in [7, 11) is 0. The predicted octanol–water partition coefficient (Wildman–Crippen LogP) is 3.88. The van der Waals surface area contributed by atoms with Crippen LogP contribution in [0.1, 0.15) is 43.4 Å². The van der Waals surface area contributed by atoms with Gasteiger partial charge in [-0.2, -0.15) is 0 Å². The Hall–Kier alpha value is -0.380. The number of hydrogen-bond acceptors (Lipinski definition) is 2. The first-order chi connectivity index (χ1) is 9.15. The van der Waals surface area contributed by atoms with Crippen LogP contribution in [0.2, 0.25) is 0 Å². The number of benzene rings is 1. The number of nitrogens with two attached hydrogens (primary N) is 1. The fourth-order valence-corrected chi connectivity index (χ4v) is 3.62. The molecule has 0 bridgehead atoms. The Morgan fingerprint density at radius 3 is 2.63 bits per heavy atom. The Kier molecular flexibility index (Phi) is 5.43. The van der Waals surface area contributed by atoms with E-state index < -0.39 is 0 Å². The molecule has 0 aromatic heterocycles. The molecule has 0 amide bonds. The van der Waals surface area contributed by atoms with Crippen LogP contribution < -0.4 is 5.73 Å². The van der Waals surface area contributed by atoms with Crippen molar-refractivity contribution in [2.45, 2.75) is 39.2 Å². The van der Waals surface area contributed by atoms with E-state index in [0.717, 1.165) is 12.5 Å². The van der Waals surface area contributed by atoms with Crippen molar-refractivity contribution >= 4 is 15.9 Å². The van der Waals surface area contributed by atoms with Crippen LogP contribution in [0.4, 0.5) is 0 Å². The number of halogens is 1. The minimum atomic E-state index is 0.334. The molecule has 0 radical (unpaired) electrons. The summed E-state index contributed by atoms with van der Waals surface area (Å²) < 4.78 is 1.19. The summed E-state index contributed by atoms with van der Waals surface area (Å²) in [5.74, 6) is 0.887. The van der Waals surface area contributed by atoms with Crippen LogP contribution >= 0.6 is 15.9 Å². The molecule has 1 aromatic rings. The van der Waals surface area contributed by atoms with E-state index in [9.17, 15) is 0 Å². The fraction of sp³-hybridized carbons (Fsp3) is 0.625. The summed E-state index contributed by atoms with van der Waals surface area (Å²) >= 11 is 3.70. The minimum absolute atomic E-state index is 0.334. The third-order valence-electron chi connectivity index (χ3n) is 4.30. The highest BCUT2D eigenvalue weighted by molar-refractivity contribution is 9.10. The molecule has 0 saturated heterocycles. The molecule has 2 nitrogen and oxygen atoms in total. The highest BCUT2D eigenvalue weighted by atomic mass is 79.9. The second kappa shape index (κ2) is 6.87. The Bertz CT molecular complexity index is 415. The number of likely N-dealkylation sites (N-methyl/N-ethyl adjacent to an activating group) is 1. The first-order valence-electron chi connectivity index (χ1n) is 7.35. The van der Waals surface area contributed by atoms with Crippen LogP contribution in [0, 0.1) is 12.8 Å². The molecule has 1 unspecified atom stereocenters. The smallest absolute Gasteiger partial charge is 0.0481 e. The monoisotopic (exact) mass is 324 g/mol. The topological polar surface area (TPSA) is 29.3 Å². The van der Waals surface area contributed by atoms with E-state index in [1.807, 2.05) is 0 Å². The summed E-state index contributed by atoms with van der Waals surface area (Å²) in [6.07, 6.45) is 4.19. The van der Waals surface area contributed by atoms with Gasteiger partial charge < -0.3 is 5.73 Å². The Morgan fingerprint density at radius 2 is 2.16 bits per heavy atom. The van der Waals surface area contributed by atoms with Crippen LogP contribution in [0.3, 0.4) is 0 Å². The standard InChI is InChI=1S/C16H25BrN2/c1-3-19(11-13-5-4-6-13)16(10-18)14-8-7-12(2)9-15(14)17/h7-9,13,16H,3-6,10-11,18H2,1-2H3. The Balaban J connectivity index is 2.15. The summed E-state index contributed by atoms with van der Waals surface area (Å²) in [6, 6.07) is 6.93.